The molecule has 0 unspecified atom stereocenters. The van der Waals surface area contributed by atoms with Crippen molar-refractivity contribution in [2.45, 2.75) is 6.61 Å². The Kier molecular flexibility index (Phi) is 2.06. The zero-order chi connectivity index (χ0) is 10.8. The summed E-state index contributed by atoms with van der Waals surface area (Å²) in [5, 5.41) is 13.2. The molecule has 3 rings (SSSR count). The lowest BCUT2D eigenvalue weighted by atomic mass is 10.3. The summed E-state index contributed by atoms with van der Waals surface area (Å²) in [5.74, 6) is 2.32. The van der Waals surface area contributed by atoms with Gasteiger partial charge in [-0.2, -0.15) is 0 Å². The SMILES string of the molecule is [c]1cc2c(c(OCc3nnn[nH]3)c1)OCO2. The molecule has 0 fully saturated rings. The number of tetrazole rings is 1. The van der Waals surface area contributed by atoms with Crippen molar-refractivity contribution in [1.29, 1.82) is 0 Å². The molecule has 2 heterocycles. The van der Waals surface area contributed by atoms with Crippen LogP contribution in [0.5, 0.6) is 17.2 Å². The second-order valence-electron chi connectivity index (χ2n) is 3.06. The van der Waals surface area contributed by atoms with Crippen LogP contribution in [0.15, 0.2) is 12.1 Å². The Morgan fingerprint density at radius 3 is 3.31 bits per heavy atom. The Bertz CT molecular complexity index is 486. The fraction of sp³-hybridized carbons (Fsp3) is 0.222. The number of H-pyrrole nitrogens is 1. The number of nitrogens with one attached hydrogen (secondary N) is 1. The fourth-order valence-corrected chi connectivity index (χ4v) is 1.34. The maximum absolute atomic E-state index is 5.48. The zero-order valence-electron chi connectivity index (χ0n) is 8.14. The fourth-order valence-electron chi connectivity index (χ4n) is 1.34. The molecular weight excluding hydrogens is 212 g/mol. The third-order valence-corrected chi connectivity index (χ3v) is 2.05. The van der Waals surface area contributed by atoms with Gasteiger partial charge in [-0.3, -0.25) is 0 Å². The summed E-state index contributed by atoms with van der Waals surface area (Å²) in [6.45, 7) is 0.439. The number of hydrogen-bond donors (Lipinski definition) is 1. The molecule has 1 aliphatic heterocycles. The Morgan fingerprint density at radius 1 is 1.44 bits per heavy atom. The van der Waals surface area contributed by atoms with Crippen LogP contribution >= 0.6 is 0 Å². The van der Waals surface area contributed by atoms with Crippen LogP contribution in [0.4, 0.5) is 0 Å². The molecule has 0 spiro atoms. The summed E-state index contributed by atoms with van der Waals surface area (Å²) in [7, 11) is 0. The molecule has 81 valence electrons. The first-order valence-electron chi connectivity index (χ1n) is 4.58. The molecule has 1 aromatic heterocycles. The van der Waals surface area contributed by atoms with Gasteiger partial charge in [0.15, 0.2) is 17.3 Å². The smallest absolute Gasteiger partial charge is 0.231 e. The van der Waals surface area contributed by atoms with Gasteiger partial charge < -0.3 is 14.2 Å². The molecule has 1 radical (unpaired) electrons. The lowest BCUT2D eigenvalue weighted by Crippen LogP contribution is -1.99. The van der Waals surface area contributed by atoms with Gasteiger partial charge in [0.05, 0.1) is 0 Å². The molecule has 7 heteroatoms. The van der Waals surface area contributed by atoms with E-state index in [1.165, 1.54) is 0 Å². The maximum atomic E-state index is 5.48. The number of rotatable bonds is 3. The average molecular weight is 219 g/mol. The Morgan fingerprint density at radius 2 is 2.44 bits per heavy atom. The highest BCUT2D eigenvalue weighted by molar-refractivity contribution is 5.51. The minimum Gasteiger partial charge on any atom is -0.481 e. The van der Waals surface area contributed by atoms with Crippen molar-refractivity contribution in [2.75, 3.05) is 6.79 Å². The van der Waals surface area contributed by atoms with Crippen LogP contribution in [0, 0.1) is 6.07 Å². The molecule has 1 aromatic carbocycles. The molecular formula is C9H7N4O3. The van der Waals surface area contributed by atoms with E-state index in [-0.39, 0.29) is 13.4 Å². The van der Waals surface area contributed by atoms with E-state index in [1.54, 1.807) is 12.1 Å². The minimum atomic E-state index is 0.202. The summed E-state index contributed by atoms with van der Waals surface area (Å²) in [6.07, 6.45) is 0. The third-order valence-electron chi connectivity index (χ3n) is 2.05. The van der Waals surface area contributed by atoms with Crippen molar-refractivity contribution >= 4 is 0 Å². The predicted octanol–water partition coefficient (Wildman–Crippen LogP) is 0.308. The summed E-state index contributed by atoms with van der Waals surface area (Å²) in [6, 6.07) is 6.28. The quantitative estimate of drug-likeness (QED) is 0.799. The van der Waals surface area contributed by atoms with Gasteiger partial charge in [-0.05, 0) is 28.6 Å². The first-order valence-corrected chi connectivity index (χ1v) is 4.58. The number of ether oxygens (including phenoxy) is 3. The van der Waals surface area contributed by atoms with Crippen LogP contribution in [0.3, 0.4) is 0 Å². The van der Waals surface area contributed by atoms with Crippen LogP contribution in [-0.2, 0) is 6.61 Å². The van der Waals surface area contributed by atoms with Crippen LogP contribution in [0.1, 0.15) is 5.82 Å². The van der Waals surface area contributed by atoms with E-state index in [1.807, 2.05) is 0 Å². The van der Waals surface area contributed by atoms with Gasteiger partial charge in [0.1, 0.15) is 6.61 Å². The van der Waals surface area contributed by atoms with Crippen molar-refractivity contribution in [3.05, 3.63) is 24.0 Å². The van der Waals surface area contributed by atoms with Gasteiger partial charge in [0.2, 0.25) is 12.5 Å². The first-order chi connectivity index (χ1) is 7.93. The van der Waals surface area contributed by atoms with Gasteiger partial charge >= 0.3 is 0 Å². The van der Waals surface area contributed by atoms with Crippen molar-refractivity contribution in [3.8, 4) is 17.2 Å². The van der Waals surface area contributed by atoms with Gasteiger partial charge in [0, 0.05) is 0 Å². The van der Waals surface area contributed by atoms with Crippen molar-refractivity contribution < 1.29 is 14.2 Å². The monoisotopic (exact) mass is 219 g/mol. The van der Waals surface area contributed by atoms with Crippen molar-refractivity contribution in [3.63, 3.8) is 0 Å². The van der Waals surface area contributed by atoms with Gasteiger partial charge in [0.25, 0.3) is 0 Å². The zero-order valence-corrected chi connectivity index (χ0v) is 8.14. The maximum Gasteiger partial charge on any atom is 0.231 e. The largest absolute Gasteiger partial charge is 0.481 e. The second kappa shape index (κ2) is 3.69. The van der Waals surface area contributed by atoms with E-state index in [0.717, 1.165) is 0 Å². The van der Waals surface area contributed by atoms with E-state index in [9.17, 15) is 0 Å². The van der Waals surface area contributed by atoms with E-state index in [4.69, 9.17) is 14.2 Å². The number of fused-ring (bicyclic) bond motifs is 1. The number of hydrogen-bond acceptors (Lipinski definition) is 6. The van der Waals surface area contributed by atoms with E-state index in [0.29, 0.717) is 23.1 Å². The minimum absolute atomic E-state index is 0.202. The molecule has 0 atom stereocenters. The molecule has 1 N–H and O–H groups in total. The summed E-state index contributed by atoms with van der Waals surface area (Å²) >= 11 is 0. The van der Waals surface area contributed by atoms with Crippen molar-refractivity contribution in [2.24, 2.45) is 0 Å². The molecule has 0 saturated carbocycles. The molecule has 7 nitrogen and oxygen atoms in total. The average Bonchev–Trinajstić information content (AvgIpc) is 2.97. The second-order valence-corrected chi connectivity index (χ2v) is 3.06. The standard InChI is InChI=1S/C9H7N4O3/c1-2-6(9-7(3-1)15-5-16-9)14-4-8-10-12-13-11-8/h2-3H,4-5H2,(H,10,11,12,13). The van der Waals surface area contributed by atoms with Crippen LogP contribution < -0.4 is 14.2 Å². The number of benzene rings is 1. The number of nitrogens with zero attached hydrogens (tertiary/aromatic N) is 3. The van der Waals surface area contributed by atoms with Crippen LogP contribution in [0.25, 0.3) is 0 Å². The topological polar surface area (TPSA) is 82.2 Å². The lowest BCUT2D eigenvalue weighted by molar-refractivity contribution is 0.169. The molecule has 0 aliphatic carbocycles. The molecule has 16 heavy (non-hydrogen) atoms. The summed E-state index contributed by atoms with van der Waals surface area (Å²) in [4.78, 5) is 0. The van der Waals surface area contributed by atoms with Gasteiger partial charge in [-0.25, -0.2) is 5.10 Å². The normalized spacial score (nSPS) is 12.8. The van der Waals surface area contributed by atoms with Crippen LogP contribution in [-0.4, -0.2) is 27.4 Å². The van der Waals surface area contributed by atoms with E-state index < -0.39 is 0 Å². The van der Waals surface area contributed by atoms with Crippen LogP contribution in [0.2, 0.25) is 0 Å². The van der Waals surface area contributed by atoms with Gasteiger partial charge in [-0.1, -0.05) is 0 Å². The first kappa shape index (κ1) is 8.96. The Labute approximate surface area is 90.3 Å². The highest BCUT2D eigenvalue weighted by Gasteiger charge is 2.18. The molecule has 0 saturated heterocycles. The highest BCUT2D eigenvalue weighted by Crippen LogP contribution is 2.40. The summed E-state index contributed by atoms with van der Waals surface area (Å²) < 4.78 is 15.9. The third kappa shape index (κ3) is 1.52. The van der Waals surface area contributed by atoms with E-state index >= 15 is 0 Å². The van der Waals surface area contributed by atoms with E-state index in [2.05, 4.69) is 26.7 Å². The molecule has 2 aromatic rings. The molecule has 1 aliphatic rings. The molecule has 0 amide bonds. The lowest BCUT2D eigenvalue weighted by Gasteiger charge is -2.05. The summed E-state index contributed by atoms with van der Waals surface area (Å²) in [5.41, 5.74) is 0. The number of aromatic nitrogens is 4. The highest BCUT2D eigenvalue weighted by atomic mass is 16.7. The van der Waals surface area contributed by atoms with Crippen molar-refractivity contribution in [1.82, 2.24) is 20.6 Å². The number of aromatic amines is 1. The molecule has 0 bridgehead atoms. The Hall–Kier alpha value is -2.31. The Balaban J connectivity index is 1.78. The predicted molar refractivity (Wildman–Crippen MR) is 49.9 cm³/mol. The van der Waals surface area contributed by atoms with Gasteiger partial charge in [-0.15, -0.1) is 5.10 Å².